The molecule has 1 aromatic carbocycles. The van der Waals surface area contributed by atoms with Crippen molar-refractivity contribution in [2.45, 2.75) is 64.1 Å². The van der Waals surface area contributed by atoms with Crippen LogP contribution in [0.1, 0.15) is 74.1 Å². The smallest absolute Gasteiger partial charge is 0.410 e. The topological polar surface area (TPSA) is 90.5 Å². The van der Waals surface area contributed by atoms with E-state index in [0.717, 1.165) is 34.3 Å². The summed E-state index contributed by atoms with van der Waals surface area (Å²) in [6, 6.07) is 8.05. The fraction of sp³-hybridized carbons (Fsp3) is 0.500. The van der Waals surface area contributed by atoms with Crippen LogP contribution < -0.4 is 5.73 Å². The number of hydrogen-bond donors (Lipinski definition) is 1. The number of aromatic nitrogens is 2. The first-order valence-electron chi connectivity index (χ1n) is 10.2. The molecule has 0 bridgehead atoms. The van der Waals surface area contributed by atoms with Crippen LogP contribution in [0.5, 0.6) is 0 Å². The average molecular weight is 475 g/mol. The van der Waals surface area contributed by atoms with Crippen molar-refractivity contribution < 1.29 is 14.3 Å². The van der Waals surface area contributed by atoms with Gasteiger partial charge in [-0.25, -0.2) is 9.78 Å². The molecule has 1 unspecified atom stereocenters. The minimum Gasteiger partial charge on any atom is -0.444 e. The Morgan fingerprint density at radius 1 is 1.30 bits per heavy atom. The Morgan fingerprint density at radius 3 is 2.57 bits per heavy atom. The molecule has 2 amide bonds. The highest BCUT2D eigenvalue weighted by Gasteiger charge is 2.51. The van der Waals surface area contributed by atoms with Crippen LogP contribution in [-0.4, -0.2) is 38.6 Å². The second-order valence-electron chi connectivity index (χ2n) is 9.27. The van der Waals surface area contributed by atoms with Gasteiger partial charge in [-0.05, 0) is 58.2 Å². The monoisotopic (exact) mass is 474 g/mol. The third-order valence-corrected chi connectivity index (χ3v) is 6.22. The molecule has 0 radical (unpaired) electrons. The van der Waals surface area contributed by atoms with Gasteiger partial charge < -0.3 is 19.9 Å². The van der Waals surface area contributed by atoms with E-state index in [1.807, 2.05) is 44.4 Å². The zero-order chi connectivity index (χ0) is 21.8. The van der Waals surface area contributed by atoms with E-state index in [1.54, 1.807) is 4.90 Å². The number of nitrogens with zero attached hydrogens (tertiary/aromatic N) is 3. The first-order valence-corrected chi connectivity index (χ1v) is 11.0. The van der Waals surface area contributed by atoms with Gasteiger partial charge in [0, 0.05) is 16.4 Å². The van der Waals surface area contributed by atoms with Gasteiger partial charge in [-0.3, -0.25) is 4.79 Å². The number of halogens is 1. The Kier molecular flexibility index (Phi) is 4.96. The van der Waals surface area contributed by atoms with Crippen molar-refractivity contribution in [3.8, 4) is 0 Å². The lowest BCUT2D eigenvalue weighted by Crippen LogP contribution is -2.44. The van der Waals surface area contributed by atoms with Crippen LogP contribution >= 0.6 is 15.9 Å². The number of rotatable bonds is 3. The van der Waals surface area contributed by atoms with Crippen LogP contribution in [0.3, 0.4) is 0 Å². The molecule has 8 heteroatoms. The van der Waals surface area contributed by atoms with Gasteiger partial charge in [-0.15, -0.1) is 0 Å². The fourth-order valence-electron chi connectivity index (χ4n) is 4.33. The number of nitrogens with two attached hydrogens (primary N) is 1. The summed E-state index contributed by atoms with van der Waals surface area (Å²) in [5.41, 5.74) is 7.71. The second kappa shape index (κ2) is 7.11. The molecule has 1 aliphatic heterocycles. The van der Waals surface area contributed by atoms with Crippen molar-refractivity contribution in [1.29, 1.82) is 0 Å². The third kappa shape index (κ3) is 3.62. The minimum absolute atomic E-state index is 0.136. The van der Waals surface area contributed by atoms with Crippen LogP contribution in [-0.2, 0) is 16.7 Å². The molecule has 0 spiro atoms. The maximum absolute atomic E-state index is 12.8. The van der Waals surface area contributed by atoms with Gasteiger partial charge in [-0.1, -0.05) is 28.1 Å². The van der Waals surface area contributed by atoms with E-state index in [9.17, 15) is 9.59 Å². The second-order valence-corrected chi connectivity index (χ2v) is 10.2. The summed E-state index contributed by atoms with van der Waals surface area (Å²) in [5, 5.41) is 0. The summed E-state index contributed by atoms with van der Waals surface area (Å²) in [7, 11) is 0. The van der Waals surface area contributed by atoms with Crippen LogP contribution in [0.2, 0.25) is 0 Å². The quantitative estimate of drug-likeness (QED) is 0.723. The van der Waals surface area contributed by atoms with Gasteiger partial charge in [-0.2, -0.15) is 0 Å². The van der Waals surface area contributed by atoms with Crippen molar-refractivity contribution >= 4 is 27.9 Å². The number of benzene rings is 1. The molecule has 1 aromatic heterocycles. The number of ether oxygens (including phenoxy) is 1. The highest BCUT2D eigenvalue weighted by molar-refractivity contribution is 9.10. The molecule has 160 valence electrons. The largest absolute Gasteiger partial charge is 0.444 e. The Bertz CT molecular complexity index is 1020. The summed E-state index contributed by atoms with van der Waals surface area (Å²) in [4.78, 5) is 31.4. The van der Waals surface area contributed by atoms with Crippen molar-refractivity contribution in [3.63, 3.8) is 0 Å². The summed E-state index contributed by atoms with van der Waals surface area (Å²) in [6.07, 6.45) is 1.51. The molecular weight excluding hydrogens is 448 g/mol. The van der Waals surface area contributed by atoms with Gasteiger partial charge in [0.05, 0.1) is 24.0 Å². The van der Waals surface area contributed by atoms with E-state index in [4.69, 9.17) is 15.5 Å². The number of imidazole rings is 1. The van der Waals surface area contributed by atoms with E-state index in [-0.39, 0.29) is 23.4 Å². The predicted octanol–water partition coefficient (Wildman–Crippen LogP) is 4.14. The lowest BCUT2D eigenvalue weighted by molar-refractivity contribution is 0.0172. The number of hydrogen-bond acceptors (Lipinski definition) is 4. The average Bonchev–Trinajstić information content (AvgIpc) is 3.34. The third-order valence-electron chi connectivity index (χ3n) is 5.73. The van der Waals surface area contributed by atoms with E-state index >= 15 is 0 Å². The van der Waals surface area contributed by atoms with Gasteiger partial charge in [0.2, 0.25) is 0 Å². The molecule has 1 atom stereocenters. The molecule has 2 aliphatic rings. The Morgan fingerprint density at radius 2 is 2.00 bits per heavy atom. The fourth-order valence-corrected chi connectivity index (χ4v) is 4.73. The van der Waals surface area contributed by atoms with Crippen molar-refractivity contribution in [3.05, 3.63) is 51.5 Å². The molecule has 0 saturated heterocycles. The predicted molar refractivity (Wildman–Crippen MR) is 116 cm³/mol. The van der Waals surface area contributed by atoms with Gasteiger partial charge in [0.15, 0.2) is 5.82 Å². The van der Waals surface area contributed by atoms with Crippen molar-refractivity contribution in [2.75, 3.05) is 6.54 Å². The Balaban J connectivity index is 1.79. The molecule has 1 saturated carbocycles. The molecule has 4 rings (SSSR count). The van der Waals surface area contributed by atoms with Crippen LogP contribution in [0.25, 0.3) is 0 Å². The molecule has 30 heavy (non-hydrogen) atoms. The lowest BCUT2D eigenvalue weighted by Gasteiger charge is -2.35. The van der Waals surface area contributed by atoms with Crippen molar-refractivity contribution in [1.82, 2.24) is 14.5 Å². The Labute approximate surface area is 184 Å². The normalized spacial score (nSPS) is 19.9. The number of amides is 2. The maximum Gasteiger partial charge on any atom is 0.410 e. The molecular formula is C22H27BrN4O3. The standard InChI is InChI=1S/C22H27BrN4O3/c1-13-11-26(20(29)30-21(2,3)4)12-16-17(25-19(18(24)28)27(13)16)22(8-9-22)14-6-5-7-15(23)10-14/h5-7,10,13H,8-9,11-12H2,1-4H3,(H2,24,28). The van der Waals surface area contributed by atoms with E-state index in [1.165, 1.54) is 0 Å². The first kappa shape index (κ1) is 20.9. The zero-order valence-corrected chi connectivity index (χ0v) is 19.3. The number of carbonyl (C=O) groups is 2. The van der Waals surface area contributed by atoms with Gasteiger partial charge in [0.1, 0.15) is 5.60 Å². The minimum atomic E-state index is -0.576. The molecule has 1 aliphatic carbocycles. The van der Waals surface area contributed by atoms with Crippen LogP contribution in [0, 0.1) is 0 Å². The molecule has 2 N–H and O–H groups in total. The highest BCUT2D eigenvalue weighted by Crippen LogP contribution is 2.55. The summed E-state index contributed by atoms with van der Waals surface area (Å²) in [5.74, 6) is -0.289. The molecule has 7 nitrogen and oxygen atoms in total. The zero-order valence-electron chi connectivity index (χ0n) is 17.7. The molecule has 1 fully saturated rings. The molecule has 2 aromatic rings. The summed E-state index contributed by atoms with van der Waals surface area (Å²) in [6.45, 7) is 8.30. The number of fused-ring (bicyclic) bond motifs is 1. The summed E-state index contributed by atoms with van der Waals surface area (Å²) < 4.78 is 8.51. The summed E-state index contributed by atoms with van der Waals surface area (Å²) >= 11 is 3.56. The first-order chi connectivity index (χ1) is 14.0. The van der Waals surface area contributed by atoms with E-state index in [2.05, 4.69) is 28.1 Å². The van der Waals surface area contributed by atoms with Crippen LogP contribution in [0.4, 0.5) is 4.79 Å². The van der Waals surface area contributed by atoms with Crippen molar-refractivity contribution in [2.24, 2.45) is 5.73 Å². The van der Waals surface area contributed by atoms with Crippen LogP contribution in [0.15, 0.2) is 28.7 Å². The van der Waals surface area contributed by atoms with Gasteiger partial charge in [0.25, 0.3) is 5.91 Å². The highest BCUT2D eigenvalue weighted by atomic mass is 79.9. The van der Waals surface area contributed by atoms with E-state index < -0.39 is 11.5 Å². The number of primary amides is 1. The lowest BCUT2D eigenvalue weighted by atomic mass is 9.90. The van der Waals surface area contributed by atoms with E-state index in [0.29, 0.717) is 13.1 Å². The van der Waals surface area contributed by atoms with Gasteiger partial charge >= 0.3 is 6.09 Å². The molecule has 2 heterocycles. The Hall–Kier alpha value is -2.35. The SMILES string of the molecule is CC1CN(C(=O)OC(C)(C)C)Cc2c(C3(c4cccc(Br)c4)CC3)nc(C(N)=O)n21. The number of carbonyl (C=O) groups excluding carboxylic acids is 2. The maximum atomic E-state index is 12.8.